The van der Waals surface area contributed by atoms with Gasteiger partial charge in [0.05, 0.1) is 12.1 Å². The molecule has 0 aliphatic rings. The first-order valence-electron chi connectivity index (χ1n) is 9.58. The van der Waals surface area contributed by atoms with E-state index >= 15 is 0 Å². The molecule has 0 aromatic rings. The van der Waals surface area contributed by atoms with Crippen LogP contribution in [0.2, 0.25) is 19.6 Å². The maximum Gasteiger partial charge on any atom is 0.408 e. The third-order valence-corrected chi connectivity index (χ3v) is 3.92. The lowest BCUT2D eigenvalue weighted by atomic mass is 10.1. The minimum atomic E-state index is -1.65. The Kier molecular flexibility index (Phi) is 10.0. The zero-order valence-corrected chi connectivity index (χ0v) is 19.8. The molecule has 0 rings (SSSR count). The lowest BCUT2D eigenvalue weighted by Crippen LogP contribution is -2.42. The first kappa shape index (κ1) is 26.2. The number of nitrogens with one attached hydrogen (secondary N) is 2. The van der Waals surface area contributed by atoms with Crippen LogP contribution in [0.5, 0.6) is 0 Å². The summed E-state index contributed by atoms with van der Waals surface area (Å²) in [5, 5.41) is 5.26. The van der Waals surface area contributed by atoms with Gasteiger partial charge in [-0.05, 0) is 54.4 Å². The van der Waals surface area contributed by atoms with E-state index in [4.69, 9.17) is 9.47 Å². The van der Waals surface area contributed by atoms with E-state index in [-0.39, 0.29) is 0 Å². The Morgan fingerprint density at radius 1 is 0.929 bits per heavy atom. The van der Waals surface area contributed by atoms with Gasteiger partial charge < -0.3 is 20.1 Å². The number of carbonyl (C=O) groups is 2. The van der Waals surface area contributed by atoms with Crippen LogP contribution in [0.15, 0.2) is 0 Å². The zero-order valence-electron chi connectivity index (χ0n) is 18.8. The van der Waals surface area contributed by atoms with Crippen molar-refractivity contribution in [3.63, 3.8) is 0 Å². The van der Waals surface area contributed by atoms with Crippen LogP contribution < -0.4 is 10.6 Å². The average molecular weight is 417 g/mol. The zero-order chi connectivity index (χ0) is 22.2. The van der Waals surface area contributed by atoms with E-state index in [0.29, 0.717) is 12.8 Å². The van der Waals surface area contributed by atoms with Crippen LogP contribution in [0.3, 0.4) is 0 Å². The van der Waals surface area contributed by atoms with Gasteiger partial charge in [-0.2, -0.15) is 0 Å². The summed E-state index contributed by atoms with van der Waals surface area (Å²) in [7, 11) is -1.65. The molecule has 0 aliphatic heterocycles. The van der Waals surface area contributed by atoms with Gasteiger partial charge in [0.1, 0.15) is 26.0 Å². The van der Waals surface area contributed by atoms with Crippen LogP contribution >= 0.6 is 0 Å². The summed E-state index contributed by atoms with van der Waals surface area (Å²) in [5.74, 6) is 3.08. The van der Waals surface area contributed by atoms with Crippen molar-refractivity contribution in [2.45, 2.75) is 97.3 Å². The average Bonchev–Trinajstić information content (AvgIpc) is 2.43. The Balaban J connectivity index is 4.98. The van der Waals surface area contributed by atoms with Gasteiger partial charge in [0.15, 0.2) is 0 Å². The van der Waals surface area contributed by atoms with Gasteiger partial charge in [0, 0.05) is 0 Å². The number of carbonyl (C=O) groups excluding carboxylic acids is 2. The van der Waals surface area contributed by atoms with Gasteiger partial charge >= 0.3 is 12.2 Å². The van der Waals surface area contributed by atoms with Crippen molar-refractivity contribution in [1.82, 2.24) is 10.6 Å². The molecule has 2 amide bonds. The number of hydrogen-bond acceptors (Lipinski definition) is 4. The van der Waals surface area contributed by atoms with Crippen LogP contribution in [0.1, 0.15) is 54.4 Å². The Labute approximate surface area is 170 Å². The summed E-state index contributed by atoms with van der Waals surface area (Å²) in [6.45, 7) is 16.1. The van der Waals surface area contributed by atoms with E-state index < -0.39 is 50.2 Å². The molecule has 0 fully saturated rings. The first-order chi connectivity index (χ1) is 12.5. The minimum absolute atomic E-state index is 0.302. The molecule has 2 atom stereocenters. The van der Waals surface area contributed by atoms with Crippen molar-refractivity contribution in [3.05, 3.63) is 0 Å². The van der Waals surface area contributed by atoms with Crippen molar-refractivity contribution in [2.75, 3.05) is 6.67 Å². The molecule has 6 nitrogen and oxygen atoms in total. The molecule has 0 aliphatic carbocycles. The number of halogens is 1. The molecule has 0 heterocycles. The predicted octanol–water partition coefficient (Wildman–Crippen LogP) is 4.40. The van der Waals surface area contributed by atoms with Gasteiger partial charge in [-0.3, -0.25) is 0 Å². The quantitative estimate of drug-likeness (QED) is 0.497. The topological polar surface area (TPSA) is 76.7 Å². The smallest absolute Gasteiger partial charge is 0.408 e. The number of alkyl carbamates (subject to hydrolysis) is 2. The molecule has 0 saturated heterocycles. The van der Waals surface area contributed by atoms with E-state index in [0.717, 1.165) is 0 Å². The summed E-state index contributed by atoms with van der Waals surface area (Å²) >= 11 is 0. The fraction of sp³-hybridized carbons (Fsp3) is 0.800. The summed E-state index contributed by atoms with van der Waals surface area (Å²) in [6, 6.07) is -1.21. The molecule has 0 saturated carbocycles. The van der Waals surface area contributed by atoms with Crippen LogP contribution in [-0.2, 0) is 9.47 Å². The van der Waals surface area contributed by atoms with Crippen LogP contribution in [0.4, 0.5) is 14.0 Å². The largest absolute Gasteiger partial charge is 0.444 e. The van der Waals surface area contributed by atoms with Gasteiger partial charge in [-0.1, -0.05) is 25.6 Å². The molecule has 0 aromatic carbocycles. The third kappa shape index (κ3) is 15.3. The SMILES string of the molecule is CC(C)(C)OC(=O)NC(C#C[Si](C)(C)C)CCC(CF)NC(=O)OC(C)(C)C. The van der Waals surface area contributed by atoms with Gasteiger partial charge in [-0.15, -0.1) is 5.54 Å². The Bertz CT molecular complexity index is 580. The van der Waals surface area contributed by atoms with E-state index in [1.165, 1.54) is 0 Å². The molecule has 28 heavy (non-hydrogen) atoms. The van der Waals surface area contributed by atoms with Crippen molar-refractivity contribution < 1.29 is 23.5 Å². The predicted molar refractivity (Wildman–Crippen MR) is 113 cm³/mol. The van der Waals surface area contributed by atoms with E-state index in [1.54, 1.807) is 41.5 Å². The normalized spacial score (nSPS) is 14.2. The van der Waals surface area contributed by atoms with Crippen molar-refractivity contribution in [1.29, 1.82) is 0 Å². The Hall–Kier alpha value is -1.75. The van der Waals surface area contributed by atoms with Crippen molar-refractivity contribution in [2.24, 2.45) is 0 Å². The summed E-state index contributed by atoms with van der Waals surface area (Å²) in [6.07, 6.45) is -0.559. The summed E-state index contributed by atoms with van der Waals surface area (Å²) in [5.41, 5.74) is 1.93. The standard InChI is InChI=1S/C20H37FN2O4Si/c1-19(2,3)26-17(24)22-15(12-13-28(7,8)9)10-11-16(14-21)23-18(25)27-20(4,5)6/h15-16H,10-11,14H2,1-9H3,(H,22,24)(H,23,25). The van der Waals surface area contributed by atoms with E-state index in [1.807, 2.05) is 0 Å². The molecule has 162 valence electrons. The van der Waals surface area contributed by atoms with Gasteiger partial charge in [-0.25, -0.2) is 14.0 Å². The fourth-order valence-corrected chi connectivity index (χ4v) is 2.57. The highest BCUT2D eigenvalue weighted by molar-refractivity contribution is 6.83. The van der Waals surface area contributed by atoms with Crippen LogP contribution in [0, 0.1) is 11.5 Å². The second-order valence-corrected chi connectivity index (χ2v) is 14.5. The Morgan fingerprint density at radius 3 is 1.79 bits per heavy atom. The molecule has 0 radical (unpaired) electrons. The maximum atomic E-state index is 13.3. The molecular formula is C20H37FN2O4Si. The second kappa shape index (κ2) is 10.7. The highest BCUT2D eigenvalue weighted by Crippen LogP contribution is 2.11. The fourth-order valence-electron chi connectivity index (χ4n) is 1.96. The molecule has 0 aromatic heterocycles. The molecule has 0 spiro atoms. The highest BCUT2D eigenvalue weighted by atomic mass is 28.3. The molecular weight excluding hydrogens is 379 g/mol. The van der Waals surface area contributed by atoms with Gasteiger partial charge in [0.2, 0.25) is 0 Å². The van der Waals surface area contributed by atoms with Crippen molar-refractivity contribution in [3.8, 4) is 11.5 Å². The van der Waals surface area contributed by atoms with Crippen LogP contribution in [0.25, 0.3) is 0 Å². The first-order valence-corrected chi connectivity index (χ1v) is 13.1. The minimum Gasteiger partial charge on any atom is -0.444 e. The van der Waals surface area contributed by atoms with Gasteiger partial charge in [0.25, 0.3) is 0 Å². The van der Waals surface area contributed by atoms with E-state index in [9.17, 15) is 14.0 Å². The number of rotatable bonds is 6. The highest BCUT2D eigenvalue weighted by Gasteiger charge is 2.22. The number of hydrogen-bond donors (Lipinski definition) is 2. The third-order valence-electron chi connectivity index (χ3n) is 3.02. The molecule has 8 heteroatoms. The molecule has 2 N–H and O–H groups in total. The number of amides is 2. The monoisotopic (exact) mass is 416 g/mol. The lowest BCUT2D eigenvalue weighted by Gasteiger charge is -2.24. The maximum absolute atomic E-state index is 13.3. The summed E-state index contributed by atoms with van der Waals surface area (Å²) < 4.78 is 23.8. The Morgan fingerprint density at radius 2 is 1.39 bits per heavy atom. The van der Waals surface area contributed by atoms with Crippen LogP contribution in [-0.4, -0.2) is 50.2 Å². The summed E-state index contributed by atoms with van der Waals surface area (Å²) in [4.78, 5) is 23.9. The second-order valence-electron chi connectivity index (χ2n) is 9.79. The molecule has 0 bridgehead atoms. The lowest BCUT2D eigenvalue weighted by molar-refractivity contribution is 0.0476. The molecule has 2 unspecified atom stereocenters. The van der Waals surface area contributed by atoms with Crippen molar-refractivity contribution >= 4 is 20.3 Å². The van der Waals surface area contributed by atoms with E-state index in [2.05, 4.69) is 41.7 Å². The number of ether oxygens (including phenoxy) is 2. The number of alkyl halides is 1.